The van der Waals surface area contributed by atoms with Crippen LogP contribution < -0.4 is 5.01 Å². The van der Waals surface area contributed by atoms with Crippen LogP contribution in [0.2, 0.25) is 0 Å². The smallest absolute Gasteiger partial charge is 0.340 e. The first-order valence-electron chi connectivity index (χ1n) is 7.41. The lowest BCUT2D eigenvalue weighted by Crippen LogP contribution is -2.30. The Morgan fingerprint density at radius 1 is 1.23 bits per heavy atom. The Bertz CT molecular complexity index is 850. The summed E-state index contributed by atoms with van der Waals surface area (Å²) in [5, 5.41) is 14.0. The van der Waals surface area contributed by atoms with Gasteiger partial charge in [-0.1, -0.05) is 30.8 Å². The van der Waals surface area contributed by atoms with E-state index >= 15 is 0 Å². The predicted molar refractivity (Wildman–Crippen MR) is 92.1 cm³/mol. The number of benzene rings is 1. The van der Waals surface area contributed by atoms with Crippen LogP contribution in [0.3, 0.4) is 0 Å². The Labute approximate surface area is 148 Å². The second kappa shape index (κ2) is 8.11. The van der Waals surface area contributed by atoms with E-state index in [0.29, 0.717) is 11.3 Å². The number of amides is 1. The summed E-state index contributed by atoms with van der Waals surface area (Å²) in [5.74, 6) is -2.41. The van der Waals surface area contributed by atoms with E-state index in [1.54, 1.807) is 13.0 Å². The predicted octanol–water partition coefficient (Wildman–Crippen LogP) is 3.42. The van der Waals surface area contributed by atoms with Gasteiger partial charge >= 0.3 is 5.97 Å². The van der Waals surface area contributed by atoms with Crippen LogP contribution in [0, 0.1) is 0 Å². The van der Waals surface area contributed by atoms with Gasteiger partial charge in [-0.25, -0.2) is 13.6 Å². The third kappa shape index (κ3) is 4.35. The zero-order chi connectivity index (χ0) is 19.3. The molecular weight excluding hydrogens is 344 g/mol. The summed E-state index contributed by atoms with van der Waals surface area (Å²) in [5.41, 5.74) is 0.251. The van der Waals surface area contributed by atoms with Crippen molar-refractivity contribution in [2.45, 2.75) is 13.3 Å². The number of hydrogen-bond acceptors (Lipinski definition) is 4. The first-order chi connectivity index (χ1) is 12.3. The topological polar surface area (TPSA) is 82.9 Å². The number of nitrogens with zero attached hydrogens (tertiary/aromatic N) is 3. The second-order valence-electron chi connectivity index (χ2n) is 5.22. The van der Waals surface area contributed by atoms with Crippen molar-refractivity contribution in [3.8, 4) is 0 Å². The summed E-state index contributed by atoms with van der Waals surface area (Å²) >= 11 is 0. The van der Waals surface area contributed by atoms with Crippen molar-refractivity contribution in [2.24, 2.45) is 5.10 Å². The standard InChI is InChI=1S/C18H15F2N3O3/c1-11(18(25)26)17(24)23(15-4-3-9-21-10-15)22-12(2)13-5-7-14(8-6-13)16(19)20/h3-10,16H,1H2,2H3,(H,25,26)/b22-12+. The minimum atomic E-state index is -2.59. The number of carboxylic acid groups (broad SMARTS) is 1. The van der Waals surface area contributed by atoms with Crippen LogP contribution in [0.1, 0.15) is 24.5 Å². The number of carboxylic acids is 1. The molecule has 0 aliphatic heterocycles. The van der Waals surface area contributed by atoms with Gasteiger partial charge in [0.2, 0.25) is 0 Å². The quantitative estimate of drug-likeness (QED) is 0.282. The molecule has 1 amide bonds. The third-order valence-corrected chi connectivity index (χ3v) is 3.43. The van der Waals surface area contributed by atoms with E-state index in [1.165, 1.54) is 42.7 Å². The molecule has 6 nitrogen and oxygen atoms in total. The maximum absolute atomic E-state index is 12.6. The maximum atomic E-state index is 12.6. The van der Waals surface area contributed by atoms with E-state index in [4.69, 9.17) is 5.11 Å². The summed E-state index contributed by atoms with van der Waals surface area (Å²) in [7, 11) is 0. The van der Waals surface area contributed by atoms with E-state index in [2.05, 4.69) is 16.7 Å². The molecule has 0 bridgehead atoms. The highest BCUT2D eigenvalue weighted by Crippen LogP contribution is 2.20. The van der Waals surface area contributed by atoms with Crippen LogP contribution in [0.25, 0.3) is 0 Å². The number of anilines is 1. The Hall–Kier alpha value is -3.42. The van der Waals surface area contributed by atoms with Crippen molar-refractivity contribution in [1.29, 1.82) is 0 Å². The Morgan fingerprint density at radius 3 is 2.38 bits per heavy atom. The monoisotopic (exact) mass is 359 g/mol. The van der Waals surface area contributed by atoms with E-state index in [0.717, 1.165) is 5.01 Å². The lowest BCUT2D eigenvalue weighted by atomic mass is 10.1. The van der Waals surface area contributed by atoms with Crippen molar-refractivity contribution in [1.82, 2.24) is 4.98 Å². The summed E-state index contributed by atoms with van der Waals surface area (Å²) in [4.78, 5) is 27.3. The minimum Gasteiger partial charge on any atom is -0.478 e. The van der Waals surface area contributed by atoms with Crippen molar-refractivity contribution in [2.75, 3.05) is 5.01 Å². The average molecular weight is 359 g/mol. The SMILES string of the molecule is C=C(C(=O)O)C(=O)N(/N=C(\C)c1ccc(C(F)F)cc1)c1cccnc1. The van der Waals surface area contributed by atoms with E-state index in [-0.39, 0.29) is 11.3 Å². The molecule has 0 unspecified atom stereocenters. The minimum absolute atomic E-state index is 0.138. The van der Waals surface area contributed by atoms with Crippen LogP contribution in [0.4, 0.5) is 14.5 Å². The van der Waals surface area contributed by atoms with Crippen molar-refractivity contribution < 1.29 is 23.5 Å². The van der Waals surface area contributed by atoms with Crippen LogP contribution in [-0.4, -0.2) is 27.7 Å². The molecule has 26 heavy (non-hydrogen) atoms. The van der Waals surface area contributed by atoms with Crippen molar-refractivity contribution >= 4 is 23.3 Å². The van der Waals surface area contributed by atoms with E-state index < -0.39 is 23.9 Å². The number of halogens is 2. The zero-order valence-electron chi connectivity index (χ0n) is 13.8. The molecule has 0 atom stereocenters. The lowest BCUT2D eigenvalue weighted by molar-refractivity contribution is -0.134. The number of aromatic nitrogens is 1. The number of hydrazone groups is 1. The molecule has 1 heterocycles. The molecular formula is C18H15F2N3O3. The molecule has 0 radical (unpaired) electrons. The highest BCUT2D eigenvalue weighted by atomic mass is 19.3. The van der Waals surface area contributed by atoms with Gasteiger partial charge in [0.25, 0.3) is 12.3 Å². The average Bonchev–Trinajstić information content (AvgIpc) is 2.65. The van der Waals surface area contributed by atoms with Crippen molar-refractivity contribution in [3.05, 3.63) is 72.1 Å². The highest BCUT2D eigenvalue weighted by Gasteiger charge is 2.23. The van der Waals surface area contributed by atoms with E-state index in [1.807, 2.05) is 0 Å². The van der Waals surface area contributed by atoms with Gasteiger partial charge in [0.15, 0.2) is 0 Å². The lowest BCUT2D eigenvalue weighted by Gasteiger charge is -2.18. The fourth-order valence-corrected chi connectivity index (χ4v) is 2.00. The Balaban J connectivity index is 2.41. The Morgan fingerprint density at radius 2 is 1.88 bits per heavy atom. The number of carbonyl (C=O) groups is 2. The molecule has 0 fully saturated rings. The molecule has 1 aromatic carbocycles. The number of pyridine rings is 1. The summed E-state index contributed by atoms with van der Waals surface area (Å²) in [6.07, 6.45) is 0.232. The molecule has 2 aromatic rings. The van der Waals surface area contributed by atoms with Gasteiger partial charge in [0, 0.05) is 11.8 Å². The van der Waals surface area contributed by atoms with Gasteiger partial charge in [-0.15, -0.1) is 0 Å². The van der Waals surface area contributed by atoms with E-state index in [9.17, 15) is 18.4 Å². The molecule has 1 N–H and O–H groups in total. The van der Waals surface area contributed by atoms with Gasteiger partial charge < -0.3 is 5.11 Å². The molecule has 8 heteroatoms. The van der Waals surface area contributed by atoms with Gasteiger partial charge in [0.05, 0.1) is 17.6 Å². The van der Waals surface area contributed by atoms with Gasteiger partial charge in [0.1, 0.15) is 5.57 Å². The molecule has 2 rings (SSSR count). The molecule has 1 aromatic heterocycles. The summed E-state index contributed by atoms with van der Waals surface area (Å²) in [6.45, 7) is 4.81. The fourth-order valence-electron chi connectivity index (χ4n) is 2.00. The Kier molecular flexibility index (Phi) is 5.90. The largest absolute Gasteiger partial charge is 0.478 e. The number of aliphatic carboxylic acids is 1. The molecule has 0 spiro atoms. The molecule has 0 saturated carbocycles. The number of carbonyl (C=O) groups excluding carboxylic acids is 1. The number of alkyl halides is 2. The van der Waals surface area contributed by atoms with Gasteiger partial charge in [-0.2, -0.15) is 10.1 Å². The number of rotatable bonds is 6. The summed E-state index contributed by atoms with van der Waals surface area (Å²) < 4.78 is 25.3. The van der Waals surface area contributed by atoms with Crippen LogP contribution in [0.5, 0.6) is 0 Å². The van der Waals surface area contributed by atoms with Crippen molar-refractivity contribution in [3.63, 3.8) is 0 Å². The van der Waals surface area contributed by atoms with Crippen LogP contribution >= 0.6 is 0 Å². The van der Waals surface area contributed by atoms with Crippen LogP contribution in [-0.2, 0) is 9.59 Å². The second-order valence-corrected chi connectivity index (χ2v) is 5.22. The van der Waals surface area contributed by atoms with Gasteiger partial charge in [-0.05, 0) is 24.6 Å². The first kappa shape index (κ1) is 18.9. The number of hydrogen-bond donors (Lipinski definition) is 1. The molecule has 134 valence electrons. The highest BCUT2D eigenvalue weighted by molar-refractivity contribution is 6.21. The van der Waals surface area contributed by atoms with Crippen LogP contribution in [0.15, 0.2) is 66.0 Å². The molecule has 0 aliphatic carbocycles. The normalized spacial score (nSPS) is 11.3. The first-order valence-corrected chi connectivity index (χ1v) is 7.41. The third-order valence-electron chi connectivity index (χ3n) is 3.43. The summed E-state index contributed by atoms with van der Waals surface area (Å²) in [6, 6.07) is 8.48. The fraction of sp³-hybridized carbons (Fsp3) is 0.111. The van der Waals surface area contributed by atoms with Gasteiger partial charge in [-0.3, -0.25) is 9.78 Å². The molecule has 0 saturated heterocycles. The maximum Gasteiger partial charge on any atom is 0.340 e. The molecule has 0 aliphatic rings. The zero-order valence-corrected chi connectivity index (χ0v) is 13.8.